The van der Waals surface area contributed by atoms with Crippen LogP contribution in [0.5, 0.6) is 0 Å². The number of halogens is 2. The van der Waals surface area contributed by atoms with Crippen LogP contribution in [-0.2, 0) is 33.9 Å². The Morgan fingerprint density at radius 3 is 2.32 bits per heavy atom. The third-order valence-electron chi connectivity index (χ3n) is 9.08. The van der Waals surface area contributed by atoms with Crippen LogP contribution in [0.25, 0.3) is 10.9 Å². The third kappa shape index (κ3) is 8.61. The zero-order chi connectivity index (χ0) is 32.6. The second-order valence-corrected chi connectivity index (χ2v) is 12.7. The first-order valence-electron chi connectivity index (χ1n) is 16.0. The molecule has 0 saturated heterocycles. The van der Waals surface area contributed by atoms with Crippen molar-refractivity contribution in [3.63, 3.8) is 0 Å². The van der Waals surface area contributed by atoms with Crippen molar-refractivity contribution in [1.82, 2.24) is 10.5 Å². The Kier molecular flexibility index (Phi) is 10.6. The SMILES string of the molecule is O=C(Cc1ccc(CC(C(=O)Nc2ccc(Cl)cc2)C2CCC(c3ccnc4ccc(F)cc34)CC2)cc1)NOCc1ccccc1. The Balaban J connectivity index is 1.11. The molecule has 1 aromatic heterocycles. The van der Waals surface area contributed by atoms with Gasteiger partial charge < -0.3 is 5.32 Å². The van der Waals surface area contributed by atoms with Crippen molar-refractivity contribution in [3.05, 3.63) is 142 Å². The maximum Gasteiger partial charge on any atom is 0.247 e. The molecule has 1 heterocycles. The Hall–Kier alpha value is -4.59. The second-order valence-electron chi connectivity index (χ2n) is 12.3. The molecule has 8 heteroatoms. The van der Waals surface area contributed by atoms with Gasteiger partial charge in [0.25, 0.3) is 0 Å². The molecule has 1 aliphatic carbocycles. The van der Waals surface area contributed by atoms with E-state index in [2.05, 4.69) is 15.8 Å². The quantitative estimate of drug-likeness (QED) is 0.141. The van der Waals surface area contributed by atoms with Gasteiger partial charge in [-0.05, 0) is 115 Å². The summed E-state index contributed by atoms with van der Waals surface area (Å²) in [5.41, 5.74) is 8.01. The van der Waals surface area contributed by atoms with Crippen molar-refractivity contribution < 1.29 is 18.8 Å². The van der Waals surface area contributed by atoms with Crippen LogP contribution in [0, 0.1) is 17.7 Å². The first-order valence-corrected chi connectivity index (χ1v) is 16.4. The van der Waals surface area contributed by atoms with Gasteiger partial charge in [0.05, 0.1) is 18.5 Å². The summed E-state index contributed by atoms with van der Waals surface area (Å²) < 4.78 is 14.1. The summed E-state index contributed by atoms with van der Waals surface area (Å²) in [6, 6.07) is 31.4. The van der Waals surface area contributed by atoms with E-state index in [1.54, 1.807) is 30.5 Å². The molecule has 240 valence electrons. The monoisotopic (exact) mass is 649 g/mol. The lowest BCUT2D eigenvalue weighted by molar-refractivity contribution is -0.133. The van der Waals surface area contributed by atoms with Gasteiger partial charge in [0.1, 0.15) is 5.82 Å². The first kappa shape index (κ1) is 32.4. The largest absolute Gasteiger partial charge is 0.326 e. The molecule has 47 heavy (non-hydrogen) atoms. The van der Waals surface area contributed by atoms with Crippen LogP contribution in [0.2, 0.25) is 5.02 Å². The van der Waals surface area contributed by atoms with Gasteiger partial charge in [0.15, 0.2) is 0 Å². The van der Waals surface area contributed by atoms with Crippen LogP contribution < -0.4 is 10.8 Å². The normalized spacial score (nSPS) is 16.8. The van der Waals surface area contributed by atoms with E-state index in [9.17, 15) is 14.0 Å². The van der Waals surface area contributed by atoms with Crippen molar-refractivity contribution in [3.8, 4) is 0 Å². The molecule has 1 fully saturated rings. The molecule has 0 aliphatic heterocycles. The highest BCUT2D eigenvalue weighted by molar-refractivity contribution is 6.30. The lowest BCUT2D eigenvalue weighted by Crippen LogP contribution is -2.33. The molecule has 1 aliphatic rings. The molecule has 6 nitrogen and oxygen atoms in total. The van der Waals surface area contributed by atoms with E-state index < -0.39 is 0 Å². The molecular weight excluding hydrogens is 613 g/mol. The van der Waals surface area contributed by atoms with Crippen molar-refractivity contribution in [2.45, 2.75) is 51.0 Å². The number of benzene rings is 4. The lowest BCUT2D eigenvalue weighted by Gasteiger charge is -2.34. The lowest BCUT2D eigenvalue weighted by atomic mass is 9.71. The van der Waals surface area contributed by atoms with E-state index >= 15 is 0 Å². The topological polar surface area (TPSA) is 80.3 Å². The van der Waals surface area contributed by atoms with Crippen LogP contribution in [-0.4, -0.2) is 16.8 Å². The smallest absolute Gasteiger partial charge is 0.247 e. The van der Waals surface area contributed by atoms with Crippen LogP contribution in [0.15, 0.2) is 109 Å². The number of anilines is 1. The minimum Gasteiger partial charge on any atom is -0.326 e. The average Bonchev–Trinajstić information content (AvgIpc) is 3.09. The van der Waals surface area contributed by atoms with Crippen molar-refractivity contribution in [2.24, 2.45) is 11.8 Å². The number of fused-ring (bicyclic) bond motifs is 1. The van der Waals surface area contributed by atoms with E-state index in [1.807, 2.05) is 72.8 Å². The van der Waals surface area contributed by atoms with Crippen LogP contribution in [0.4, 0.5) is 10.1 Å². The average molecular weight is 650 g/mol. The molecule has 0 spiro atoms. The van der Waals surface area contributed by atoms with Crippen molar-refractivity contribution >= 4 is 40.0 Å². The molecule has 4 aromatic carbocycles. The number of rotatable bonds is 11. The number of amides is 2. The van der Waals surface area contributed by atoms with Gasteiger partial charge in [-0.25, -0.2) is 9.87 Å². The third-order valence-corrected chi connectivity index (χ3v) is 9.33. The minimum absolute atomic E-state index is 0.0220. The molecule has 0 radical (unpaired) electrons. The van der Waals surface area contributed by atoms with Crippen molar-refractivity contribution in [1.29, 1.82) is 0 Å². The van der Waals surface area contributed by atoms with E-state index in [0.29, 0.717) is 23.7 Å². The number of hydroxylamine groups is 1. The highest BCUT2D eigenvalue weighted by atomic mass is 35.5. The maximum absolute atomic E-state index is 14.1. The predicted octanol–water partition coefficient (Wildman–Crippen LogP) is 8.59. The summed E-state index contributed by atoms with van der Waals surface area (Å²) in [6.07, 6.45) is 6.14. The van der Waals surface area contributed by atoms with Gasteiger partial charge in [-0.1, -0.05) is 66.2 Å². The second kappa shape index (κ2) is 15.3. The summed E-state index contributed by atoms with van der Waals surface area (Å²) in [4.78, 5) is 36.1. The van der Waals surface area contributed by atoms with Crippen LogP contribution >= 0.6 is 11.6 Å². The molecular formula is C39H37ClFN3O3. The number of nitrogens with one attached hydrogen (secondary N) is 2. The summed E-state index contributed by atoms with van der Waals surface area (Å²) >= 11 is 6.07. The first-order chi connectivity index (χ1) is 22.9. The summed E-state index contributed by atoms with van der Waals surface area (Å²) in [7, 11) is 0. The molecule has 1 saturated carbocycles. The highest BCUT2D eigenvalue weighted by Crippen LogP contribution is 2.42. The van der Waals surface area contributed by atoms with Crippen LogP contribution in [0.3, 0.4) is 0 Å². The van der Waals surface area contributed by atoms with E-state index in [-0.39, 0.29) is 41.8 Å². The number of aromatic nitrogens is 1. The Bertz CT molecular complexity index is 1810. The molecule has 0 bridgehead atoms. The minimum atomic E-state index is -0.262. The van der Waals surface area contributed by atoms with Gasteiger partial charge in [0.2, 0.25) is 11.8 Å². The van der Waals surface area contributed by atoms with Gasteiger partial charge in [-0.3, -0.25) is 19.4 Å². The summed E-state index contributed by atoms with van der Waals surface area (Å²) in [6.45, 7) is 0.296. The van der Waals surface area contributed by atoms with Crippen LogP contribution in [0.1, 0.15) is 53.9 Å². The Morgan fingerprint density at radius 2 is 1.57 bits per heavy atom. The number of nitrogens with zero attached hydrogens (tertiary/aromatic N) is 1. The fourth-order valence-electron chi connectivity index (χ4n) is 6.61. The number of carbonyl (C=O) groups is 2. The molecule has 2 amide bonds. The molecule has 2 N–H and O–H groups in total. The summed E-state index contributed by atoms with van der Waals surface area (Å²) in [5.74, 6) is -0.306. The number of pyridine rings is 1. The number of hydrogen-bond acceptors (Lipinski definition) is 4. The van der Waals surface area contributed by atoms with Gasteiger partial charge in [-0.2, -0.15) is 0 Å². The molecule has 6 rings (SSSR count). The van der Waals surface area contributed by atoms with Crippen molar-refractivity contribution in [2.75, 3.05) is 5.32 Å². The van der Waals surface area contributed by atoms with E-state index in [1.165, 1.54) is 6.07 Å². The van der Waals surface area contributed by atoms with Gasteiger partial charge >= 0.3 is 0 Å². The van der Waals surface area contributed by atoms with E-state index in [4.69, 9.17) is 16.4 Å². The van der Waals surface area contributed by atoms with Gasteiger partial charge in [0, 0.05) is 28.2 Å². The molecule has 5 aromatic rings. The number of carbonyl (C=O) groups excluding carboxylic acids is 2. The standard InChI is InChI=1S/C39H37ClFN3O3/c40-31-14-17-33(18-15-31)43-39(46)35(30-12-10-29(11-13-30)34-20-21-42-37-19-16-32(41)24-36(34)37)22-26-6-8-27(9-7-26)23-38(45)44-47-25-28-4-2-1-3-5-28/h1-9,14-21,24,29-30,35H,10-13,22-23,25H2,(H,43,46)(H,44,45). The van der Waals surface area contributed by atoms with Gasteiger partial charge in [-0.15, -0.1) is 0 Å². The van der Waals surface area contributed by atoms with E-state index in [0.717, 1.165) is 58.8 Å². The molecule has 1 atom stereocenters. The fourth-order valence-corrected chi connectivity index (χ4v) is 6.74. The number of hydrogen-bond donors (Lipinski definition) is 2. The summed E-state index contributed by atoms with van der Waals surface area (Å²) in [5, 5.41) is 4.59. The Labute approximate surface area is 279 Å². The maximum atomic E-state index is 14.1. The predicted molar refractivity (Wildman–Crippen MR) is 183 cm³/mol. The molecule has 1 unspecified atom stereocenters. The zero-order valence-electron chi connectivity index (χ0n) is 26.0. The Morgan fingerprint density at radius 1 is 0.851 bits per heavy atom. The highest BCUT2D eigenvalue weighted by Gasteiger charge is 2.33. The zero-order valence-corrected chi connectivity index (χ0v) is 26.8. The fraction of sp³-hybridized carbons (Fsp3) is 0.256.